The Hall–Kier alpha value is -1.02. The van der Waals surface area contributed by atoms with Crippen LogP contribution in [0.15, 0.2) is 29.7 Å². The van der Waals surface area contributed by atoms with Gasteiger partial charge in [-0.25, -0.2) is 0 Å². The average molecular weight is 135 g/mol. The monoisotopic (exact) mass is 135 g/mol. The molecule has 51 valence electrons. The Kier molecular flexibility index (Phi) is 1.32. The molecule has 10 heavy (non-hydrogen) atoms. The van der Waals surface area contributed by atoms with Crippen molar-refractivity contribution in [3.8, 4) is 0 Å². The van der Waals surface area contributed by atoms with Crippen LogP contribution in [0.1, 0.15) is 0 Å². The quantitative estimate of drug-likeness (QED) is 0.496. The molecule has 1 radical (unpaired) electrons. The van der Waals surface area contributed by atoms with Gasteiger partial charge in [0.15, 0.2) is 0 Å². The normalized spacial score (nSPS) is 22.4. The Morgan fingerprint density at radius 1 is 1.50 bits per heavy atom. The van der Waals surface area contributed by atoms with E-state index < -0.39 is 0 Å². The molecule has 2 nitrogen and oxygen atoms in total. The summed E-state index contributed by atoms with van der Waals surface area (Å²) in [6, 6.07) is 0. The van der Waals surface area contributed by atoms with Gasteiger partial charge in [-0.05, 0) is 12.2 Å². The van der Waals surface area contributed by atoms with Gasteiger partial charge in [0, 0.05) is 11.6 Å². The SMILES string of the molecule is [C]1=COC2=CCOCC2=C1. The largest absolute Gasteiger partial charge is 0.464 e. The summed E-state index contributed by atoms with van der Waals surface area (Å²) in [4.78, 5) is 0. The number of allylic oxidation sites excluding steroid dienone is 2. The molecule has 2 rings (SSSR count). The Balaban J connectivity index is 2.32. The summed E-state index contributed by atoms with van der Waals surface area (Å²) in [7, 11) is 0. The van der Waals surface area contributed by atoms with Gasteiger partial charge in [-0.15, -0.1) is 0 Å². The molecule has 2 aliphatic rings. The second-order valence-corrected chi connectivity index (χ2v) is 2.16. The molecule has 2 heteroatoms. The van der Waals surface area contributed by atoms with Gasteiger partial charge in [-0.3, -0.25) is 0 Å². The summed E-state index contributed by atoms with van der Waals surface area (Å²) in [5.41, 5.74) is 1.08. The predicted octanol–water partition coefficient (Wildman–Crippen LogP) is 1.17. The molecule has 2 aliphatic heterocycles. The van der Waals surface area contributed by atoms with E-state index in [0.29, 0.717) is 13.2 Å². The van der Waals surface area contributed by atoms with Crippen LogP contribution in [0.3, 0.4) is 0 Å². The van der Waals surface area contributed by atoms with E-state index in [1.165, 1.54) is 0 Å². The van der Waals surface area contributed by atoms with E-state index in [9.17, 15) is 0 Å². The summed E-state index contributed by atoms with van der Waals surface area (Å²) in [5.74, 6) is 0.921. The highest BCUT2D eigenvalue weighted by atomic mass is 16.5. The maximum absolute atomic E-state index is 5.16. The first-order valence-corrected chi connectivity index (χ1v) is 3.18. The summed E-state index contributed by atoms with van der Waals surface area (Å²) >= 11 is 0. The van der Waals surface area contributed by atoms with Crippen LogP contribution in [-0.2, 0) is 9.47 Å². The Labute approximate surface area is 59.4 Å². The lowest BCUT2D eigenvalue weighted by atomic mass is 10.1. The maximum Gasteiger partial charge on any atom is 0.130 e. The van der Waals surface area contributed by atoms with Crippen molar-refractivity contribution in [1.82, 2.24) is 0 Å². The van der Waals surface area contributed by atoms with E-state index >= 15 is 0 Å². The first kappa shape index (κ1) is 5.74. The Morgan fingerprint density at radius 2 is 2.50 bits per heavy atom. The molecule has 0 saturated carbocycles. The van der Waals surface area contributed by atoms with Gasteiger partial charge < -0.3 is 9.47 Å². The number of fused-ring (bicyclic) bond motifs is 1. The molecule has 0 atom stereocenters. The summed E-state index contributed by atoms with van der Waals surface area (Å²) in [6.45, 7) is 1.30. The molecule has 0 amide bonds. The third-order valence-corrected chi connectivity index (χ3v) is 1.47. The molecule has 2 heterocycles. The Bertz CT molecular complexity index is 223. The minimum atomic E-state index is 0.646. The van der Waals surface area contributed by atoms with Gasteiger partial charge in [0.05, 0.1) is 19.5 Å². The zero-order valence-electron chi connectivity index (χ0n) is 5.46. The van der Waals surface area contributed by atoms with Crippen molar-refractivity contribution in [3.63, 3.8) is 0 Å². The summed E-state index contributed by atoms with van der Waals surface area (Å²) < 4.78 is 10.3. The minimum absolute atomic E-state index is 0.646. The summed E-state index contributed by atoms with van der Waals surface area (Å²) in [6.07, 6.45) is 8.22. The van der Waals surface area contributed by atoms with Crippen molar-refractivity contribution in [3.05, 3.63) is 35.8 Å². The molecular formula is C8H7O2. The number of ether oxygens (including phenoxy) is 2. The topological polar surface area (TPSA) is 18.5 Å². The Morgan fingerprint density at radius 3 is 3.40 bits per heavy atom. The third kappa shape index (κ3) is 0.866. The van der Waals surface area contributed by atoms with Crippen LogP contribution < -0.4 is 0 Å². The number of rotatable bonds is 0. The lowest BCUT2D eigenvalue weighted by Crippen LogP contribution is -2.10. The third-order valence-electron chi connectivity index (χ3n) is 1.47. The highest BCUT2D eigenvalue weighted by molar-refractivity contribution is 5.32. The number of hydrogen-bond acceptors (Lipinski definition) is 2. The lowest BCUT2D eigenvalue weighted by molar-refractivity contribution is 0.163. The molecule has 0 unspecified atom stereocenters. The van der Waals surface area contributed by atoms with E-state index in [2.05, 4.69) is 6.08 Å². The van der Waals surface area contributed by atoms with Crippen molar-refractivity contribution in [2.45, 2.75) is 0 Å². The van der Waals surface area contributed by atoms with Crippen LogP contribution in [0.25, 0.3) is 0 Å². The van der Waals surface area contributed by atoms with Crippen LogP contribution in [0.5, 0.6) is 0 Å². The molecule has 0 bridgehead atoms. The molecular weight excluding hydrogens is 128 g/mol. The van der Waals surface area contributed by atoms with E-state index in [0.717, 1.165) is 11.3 Å². The van der Waals surface area contributed by atoms with Crippen LogP contribution >= 0.6 is 0 Å². The van der Waals surface area contributed by atoms with Gasteiger partial charge in [0.1, 0.15) is 5.76 Å². The van der Waals surface area contributed by atoms with Crippen molar-refractivity contribution in [2.75, 3.05) is 13.2 Å². The number of hydrogen-bond donors (Lipinski definition) is 0. The zero-order valence-corrected chi connectivity index (χ0v) is 5.46. The van der Waals surface area contributed by atoms with Crippen LogP contribution in [0.4, 0.5) is 0 Å². The van der Waals surface area contributed by atoms with Gasteiger partial charge in [-0.2, -0.15) is 0 Å². The average Bonchev–Trinajstić information content (AvgIpc) is 2.05. The van der Waals surface area contributed by atoms with Gasteiger partial charge >= 0.3 is 0 Å². The second kappa shape index (κ2) is 2.31. The molecule has 0 saturated heterocycles. The molecule has 0 aromatic heterocycles. The fraction of sp³-hybridized carbons (Fsp3) is 0.250. The molecule has 0 aromatic carbocycles. The minimum Gasteiger partial charge on any atom is -0.464 e. The first-order chi connectivity index (χ1) is 4.97. The van der Waals surface area contributed by atoms with Crippen LogP contribution in [-0.4, -0.2) is 13.2 Å². The second-order valence-electron chi connectivity index (χ2n) is 2.16. The van der Waals surface area contributed by atoms with Crippen LogP contribution in [0, 0.1) is 6.08 Å². The smallest absolute Gasteiger partial charge is 0.130 e. The highest BCUT2D eigenvalue weighted by Gasteiger charge is 2.11. The van der Waals surface area contributed by atoms with E-state index in [4.69, 9.17) is 9.47 Å². The van der Waals surface area contributed by atoms with Crippen molar-refractivity contribution < 1.29 is 9.47 Å². The molecule has 0 aromatic rings. The lowest BCUT2D eigenvalue weighted by Gasteiger charge is -2.17. The highest BCUT2D eigenvalue weighted by Crippen LogP contribution is 2.19. The van der Waals surface area contributed by atoms with Gasteiger partial charge in [0.2, 0.25) is 0 Å². The zero-order chi connectivity index (χ0) is 6.81. The standard InChI is InChI=1S/C8H7O2/c1-2-7-6-9-5-3-8(7)10-4-1/h2-4H,5-6H2. The van der Waals surface area contributed by atoms with Gasteiger partial charge in [-0.1, -0.05) is 0 Å². The van der Waals surface area contributed by atoms with Crippen molar-refractivity contribution >= 4 is 0 Å². The molecule has 0 fully saturated rings. The van der Waals surface area contributed by atoms with Gasteiger partial charge in [0.25, 0.3) is 0 Å². The van der Waals surface area contributed by atoms with Crippen molar-refractivity contribution in [1.29, 1.82) is 0 Å². The van der Waals surface area contributed by atoms with Crippen LogP contribution in [0.2, 0.25) is 0 Å². The van der Waals surface area contributed by atoms with Crippen molar-refractivity contribution in [2.24, 2.45) is 0 Å². The van der Waals surface area contributed by atoms with E-state index in [-0.39, 0.29) is 0 Å². The fourth-order valence-corrected chi connectivity index (χ4v) is 0.974. The first-order valence-electron chi connectivity index (χ1n) is 3.18. The maximum atomic E-state index is 5.16. The predicted molar refractivity (Wildman–Crippen MR) is 35.9 cm³/mol. The molecule has 0 spiro atoms. The molecule has 0 aliphatic carbocycles. The fourth-order valence-electron chi connectivity index (χ4n) is 0.974. The van der Waals surface area contributed by atoms with E-state index in [1.54, 1.807) is 6.26 Å². The molecule has 0 N–H and O–H groups in total. The van der Waals surface area contributed by atoms with E-state index in [1.807, 2.05) is 12.2 Å². The summed E-state index contributed by atoms with van der Waals surface area (Å²) in [5, 5.41) is 0.